The molecule has 0 radical (unpaired) electrons. The largest absolute Gasteiger partial charge is 0.493 e. The maximum absolute atomic E-state index is 8.99. The molecule has 0 aromatic heterocycles. The molecule has 0 spiro atoms. The number of hydrogen-bond donors (Lipinski definition) is 1. The first kappa shape index (κ1) is 12.0. The molecule has 0 heterocycles. The van der Waals surface area contributed by atoms with Crippen LogP contribution in [-0.4, -0.2) is 17.5 Å². The molecule has 1 N–H and O–H groups in total. The van der Waals surface area contributed by atoms with E-state index in [-0.39, 0.29) is 0 Å². The second kappa shape index (κ2) is 5.21. The summed E-state index contributed by atoms with van der Waals surface area (Å²) in [6.07, 6.45) is 2.87. The molecule has 1 aliphatic carbocycles. The van der Waals surface area contributed by atoms with Crippen LogP contribution in [0.1, 0.15) is 37.8 Å². The highest BCUT2D eigenvalue weighted by Gasteiger charge is 2.19. The van der Waals surface area contributed by atoms with Crippen molar-refractivity contribution in [1.29, 1.82) is 0 Å². The SMILES string of the molecule is CC(C)COc1cccc2c1CCC/C2=N\O. The van der Waals surface area contributed by atoms with Crippen molar-refractivity contribution >= 4 is 5.71 Å². The summed E-state index contributed by atoms with van der Waals surface area (Å²) in [5.41, 5.74) is 3.01. The lowest BCUT2D eigenvalue weighted by atomic mass is 9.89. The molecule has 0 aliphatic heterocycles. The Balaban J connectivity index is 2.29. The number of benzene rings is 1. The van der Waals surface area contributed by atoms with Gasteiger partial charge in [0.15, 0.2) is 0 Å². The van der Waals surface area contributed by atoms with Gasteiger partial charge in [0, 0.05) is 11.1 Å². The van der Waals surface area contributed by atoms with Crippen LogP contribution in [0.15, 0.2) is 23.4 Å². The predicted octanol–water partition coefficient (Wildman–Crippen LogP) is 3.24. The topological polar surface area (TPSA) is 41.8 Å². The summed E-state index contributed by atoms with van der Waals surface area (Å²) in [6, 6.07) is 5.97. The molecule has 0 unspecified atom stereocenters. The number of rotatable bonds is 3. The van der Waals surface area contributed by atoms with Crippen molar-refractivity contribution < 1.29 is 9.94 Å². The minimum absolute atomic E-state index is 0.514. The fourth-order valence-electron chi connectivity index (χ4n) is 2.16. The lowest BCUT2D eigenvalue weighted by Crippen LogP contribution is -2.14. The smallest absolute Gasteiger partial charge is 0.123 e. The summed E-state index contributed by atoms with van der Waals surface area (Å²) >= 11 is 0. The van der Waals surface area contributed by atoms with E-state index in [9.17, 15) is 0 Å². The summed E-state index contributed by atoms with van der Waals surface area (Å²) in [5.74, 6) is 1.46. The fourth-order valence-corrected chi connectivity index (χ4v) is 2.16. The van der Waals surface area contributed by atoms with Gasteiger partial charge in [-0.05, 0) is 31.2 Å². The average Bonchev–Trinajstić information content (AvgIpc) is 2.35. The molecular formula is C14H19NO2. The van der Waals surface area contributed by atoms with Crippen molar-refractivity contribution in [2.45, 2.75) is 33.1 Å². The molecule has 3 nitrogen and oxygen atoms in total. The van der Waals surface area contributed by atoms with Gasteiger partial charge >= 0.3 is 0 Å². The number of fused-ring (bicyclic) bond motifs is 1. The Morgan fingerprint density at radius 3 is 2.88 bits per heavy atom. The molecule has 2 rings (SSSR count). The van der Waals surface area contributed by atoms with Gasteiger partial charge in [0.1, 0.15) is 5.75 Å². The molecule has 0 saturated carbocycles. The molecule has 0 amide bonds. The van der Waals surface area contributed by atoms with Gasteiger partial charge in [-0.25, -0.2) is 0 Å². The Morgan fingerprint density at radius 2 is 2.18 bits per heavy atom. The Bertz CT molecular complexity index is 424. The first-order valence-electron chi connectivity index (χ1n) is 6.18. The quantitative estimate of drug-likeness (QED) is 0.643. The van der Waals surface area contributed by atoms with Crippen LogP contribution in [0.4, 0.5) is 0 Å². The van der Waals surface area contributed by atoms with Crippen LogP contribution in [0.5, 0.6) is 5.75 Å². The van der Waals surface area contributed by atoms with E-state index < -0.39 is 0 Å². The molecule has 1 aromatic rings. The molecule has 0 bridgehead atoms. The highest BCUT2D eigenvalue weighted by Crippen LogP contribution is 2.30. The third kappa shape index (κ3) is 2.60. The molecule has 0 atom stereocenters. The van der Waals surface area contributed by atoms with Crippen LogP contribution in [-0.2, 0) is 6.42 Å². The van der Waals surface area contributed by atoms with E-state index >= 15 is 0 Å². The van der Waals surface area contributed by atoms with E-state index in [0.717, 1.165) is 42.9 Å². The van der Waals surface area contributed by atoms with Gasteiger partial charge in [0.25, 0.3) is 0 Å². The Morgan fingerprint density at radius 1 is 1.35 bits per heavy atom. The minimum Gasteiger partial charge on any atom is -0.493 e. The van der Waals surface area contributed by atoms with Crippen LogP contribution in [0, 0.1) is 5.92 Å². The maximum Gasteiger partial charge on any atom is 0.123 e. The Kier molecular flexibility index (Phi) is 3.67. The van der Waals surface area contributed by atoms with Crippen molar-refractivity contribution in [3.8, 4) is 5.75 Å². The Hall–Kier alpha value is -1.51. The molecular weight excluding hydrogens is 214 g/mol. The second-order valence-electron chi connectivity index (χ2n) is 4.89. The van der Waals surface area contributed by atoms with Crippen molar-refractivity contribution in [2.75, 3.05) is 6.61 Å². The third-order valence-corrected chi connectivity index (χ3v) is 2.98. The van der Waals surface area contributed by atoms with Crippen LogP contribution in [0.25, 0.3) is 0 Å². The van der Waals surface area contributed by atoms with Crippen LogP contribution < -0.4 is 4.74 Å². The maximum atomic E-state index is 8.99. The molecule has 0 saturated heterocycles. The van der Waals surface area contributed by atoms with E-state index in [1.807, 2.05) is 18.2 Å². The average molecular weight is 233 g/mol. The first-order chi connectivity index (χ1) is 8.22. The van der Waals surface area contributed by atoms with E-state index in [1.54, 1.807) is 0 Å². The number of hydrogen-bond acceptors (Lipinski definition) is 3. The molecule has 3 heteroatoms. The van der Waals surface area contributed by atoms with Crippen molar-refractivity contribution in [3.05, 3.63) is 29.3 Å². The molecule has 1 aliphatic rings. The zero-order chi connectivity index (χ0) is 12.3. The summed E-state index contributed by atoms with van der Waals surface area (Å²) in [7, 11) is 0. The fraction of sp³-hybridized carbons (Fsp3) is 0.500. The monoisotopic (exact) mass is 233 g/mol. The van der Waals surface area contributed by atoms with Gasteiger partial charge in [-0.1, -0.05) is 31.1 Å². The molecule has 1 aromatic carbocycles. The van der Waals surface area contributed by atoms with Crippen LogP contribution in [0.3, 0.4) is 0 Å². The van der Waals surface area contributed by atoms with Gasteiger partial charge < -0.3 is 9.94 Å². The number of ether oxygens (including phenoxy) is 1. The third-order valence-electron chi connectivity index (χ3n) is 2.98. The zero-order valence-corrected chi connectivity index (χ0v) is 10.4. The lowest BCUT2D eigenvalue weighted by molar-refractivity contribution is 0.268. The summed E-state index contributed by atoms with van der Waals surface area (Å²) in [5, 5.41) is 12.4. The van der Waals surface area contributed by atoms with Crippen LogP contribution in [0.2, 0.25) is 0 Å². The molecule has 92 valence electrons. The highest BCUT2D eigenvalue weighted by atomic mass is 16.5. The van der Waals surface area contributed by atoms with E-state index in [1.165, 1.54) is 5.56 Å². The first-order valence-corrected chi connectivity index (χ1v) is 6.18. The lowest BCUT2D eigenvalue weighted by Gasteiger charge is -2.20. The summed E-state index contributed by atoms with van der Waals surface area (Å²) in [6.45, 7) is 4.99. The summed E-state index contributed by atoms with van der Waals surface area (Å²) in [4.78, 5) is 0. The molecule has 17 heavy (non-hydrogen) atoms. The van der Waals surface area contributed by atoms with Gasteiger partial charge in [-0.2, -0.15) is 0 Å². The normalized spacial score (nSPS) is 17.2. The van der Waals surface area contributed by atoms with E-state index in [0.29, 0.717) is 5.92 Å². The number of nitrogens with zero attached hydrogens (tertiary/aromatic N) is 1. The zero-order valence-electron chi connectivity index (χ0n) is 10.4. The predicted molar refractivity (Wildman–Crippen MR) is 68.0 cm³/mol. The van der Waals surface area contributed by atoms with E-state index in [4.69, 9.17) is 9.94 Å². The van der Waals surface area contributed by atoms with Crippen LogP contribution >= 0.6 is 0 Å². The standard InChI is InChI=1S/C14H19NO2/c1-10(2)9-17-14-8-4-5-11-12(14)6-3-7-13(11)15-16/h4-5,8,10,16H,3,6-7,9H2,1-2H3/b15-13+. The van der Waals surface area contributed by atoms with Gasteiger partial charge in [-0.3, -0.25) is 0 Å². The van der Waals surface area contributed by atoms with Gasteiger partial charge in [0.2, 0.25) is 0 Å². The van der Waals surface area contributed by atoms with Crippen molar-refractivity contribution in [3.63, 3.8) is 0 Å². The highest BCUT2D eigenvalue weighted by molar-refractivity contribution is 6.02. The summed E-state index contributed by atoms with van der Waals surface area (Å²) < 4.78 is 5.82. The van der Waals surface area contributed by atoms with Crippen molar-refractivity contribution in [1.82, 2.24) is 0 Å². The van der Waals surface area contributed by atoms with E-state index in [2.05, 4.69) is 19.0 Å². The Labute approximate surface area is 102 Å². The second-order valence-corrected chi connectivity index (χ2v) is 4.89. The molecule has 0 fully saturated rings. The number of oxime groups is 1. The van der Waals surface area contributed by atoms with Gasteiger partial charge in [0.05, 0.1) is 12.3 Å². The van der Waals surface area contributed by atoms with Gasteiger partial charge in [-0.15, -0.1) is 0 Å². The van der Waals surface area contributed by atoms with Crippen molar-refractivity contribution in [2.24, 2.45) is 11.1 Å². The minimum atomic E-state index is 0.514.